The number of para-hydroxylation sites is 2. The van der Waals surface area contributed by atoms with Crippen LogP contribution >= 0.6 is 22.9 Å². The van der Waals surface area contributed by atoms with Crippen LogP contribution in [-0.4, -0.2) is 4.98 Å². The average Bonchev–Trinajstić information content (AvgIpc) is 1.80. The van der Waals surface area contributed by atoms with Gasteiger partial charge < -0.3 is 10.5 Å². The minimum Gasteiger partial charge on any atom is -0.455 e. The van der Waals surface area contributed by atoms with E-state index < -0.39 is 0 Å². The monoisotopic (exact) mass is 1770 g/mol. The second-order valence-corrected chi connectivity index (χ2v) is 39.1. The molecule has 0 atom stereocenters. The Morgan fingerprint density at radius 2 is 0.643 bits per heavy atom. The molecule has 1 saturated carbocycles. The van der Waals surface area contributed by atoms with Gasteiger partial charge in [-0.15, -0.1) is 11.3 Å². The summed E-state index contributed by atoms with van der Waals surface area (Å²) >= 11 is 7.38. The minimum absolute atomic E-state index is 0. The zero-order valence-electron chi connectivity index (χ0n) is 82.3. The number of aromatic nitrogens is 1. The van der Waals surface area contributed by atoms with E-state index in [9.17, 15) is 0 Å². The van der Waals surface area contributed by atoms with Gasteiger partial charge in [-0.25, -0.2) is 4.98 Å². The van der Waals surface area contributed by atoms with Gasteiger partial charge in [0.1, 0.15) is 11.5 Å². The fourth-order valence-corrected chi connectivity index (χ4v) is 14.9. The van der Waals surface area contributed by atoms with Gasteiger partial charge >= 0.3 is 0 Å². The molecule has 1 aliphatic rings. The summed E-state index contributed by atoms with van der Waals surface area (Å²) in [6.45, 7) is 57.3. The highest BCUT2D eigenvalue weighted by Crippen LogP contribution is 2.34. The lowest BCUT2D eigenvalue weighted by atomic mass is 9.83. The van der Waals surface area contributed by atoms with Crippen LogP contribution < -0.4 is 10.5 Å². The number of nitrogen functional groups attached to an aromatic ring is 1. The fraction of sp³-hybridized carbons (Fsp3) is 0.395. The van der Waals surface area contributed by atoms with Crippen LogP contribution in [0.4, 0.5) is 5.69 Å². The molecule has 0 radical (unpaired) electrons. The number of thiazole rings is 1. The number of nitrogens with zero attached hydrogens (tertiary/aromatic N) is 1. The van der Waals surface area contributed by atoms with Gasteiger partial charge in [0.25, 0.3) is 0 Å². The SMILES string of the molecule is C.C.C.CC(C)Cc1ccc(Cl)cc1.CC(C)c1ccc(-c2cscn2)cc1.CC(C)c1ccc(C2CCCCC2)cc1.CC(C)c1ccc(Oc2ccccc2N)cc1.Cc1ccc(C(C)C)cc1.Cc1ccc(C(C)C)cc1.Cc1ccc(CC(C)C)cc1.Cc1ccc(CC(C)C)cc1.Cc1cccc(-c2ccc(C(C)C)cc2)c1.Cc1cccc(CC(C)C)c1. The van der Waals surface area contributed by atoms with Gasteiger partial charge in [0.05, 0.1) is 16.9 Å². The van der Waals surface area contributed by atoms with E-state index in [1.165, 1.54) is 157 Å². The lowest BCUT2D eigenvalue weighted by Crippen LogP contribution is -2.04. The summed E-state index contributed by atoms with van der Waals surface area (Å²) in [6.07, 6.45) is 11.8. The van der Waals surface area contributed by atoms with Crippen molar-refractivity contribution in [2.45, 2.75) is 302 Å². The summed E-state index contributed by atoms with van der Waals surface area (Å²) in [5.41, 5.74) is 36.9. The maximum absolute atomic E-state index is 5.82. The van der Waals surface area contributed by atoms with Crippen LogP contribution in [0.2, 0.25) is 5.02 Å². The molecule has 0 spiro atoms. The highest BCUT2D eigenvalue weighted by atomic mass is 35.5. The van der Waals surface area contributed by atoms with Gasteiger partial charge in [-0.3, -0.25) is 0 Å². The van der Waals surface area contributed by atoms with Crippen molar-refractivity contribution >= 4 is 28.6 Å². The number of ether oxygens (including phenoxy) is 1. The Labute approximate surface area is 799 Å². The Hall–Kier alpha value is -9.84. The molecule has 1 aromatic heterocycles. The molecule has 1 heterocycles. The van der Waals surface area contributed by atoms with E-state index in [0.29, 0.717) is 46.9 Å². The third-order valence-corrected chi connectivity index (χ3v) is 22.7. The standard InChI is InChI=1S/C16H18.C15H17NO.C15H22.C12H13NS.3C11H16.C10H13Cl.2C10H14.3CH4/c1-12(2)14-7-9-15(10-8-14)16-6-4-5-13(3)11-16;1-11(2)12-7-9-13(10-8-12)17-15-6-4-3-5-14(15)16;1-12(2)13-8-10-15(11-9-13)14-6-4-3-5-7-14;1-9(2)10-3-5-11(6-4-10)12-7-14-8-13-12;2*1-9(2)8-11-6-4-10(3)5-7-11;1-9(2)7-11-6-4-5-10(3)8-11;1-8(2)7-9-3-5-10(11)6-4-9;2*1-8(2)10-6-4-9(3)5-7-10;;;/h4-12H,1-3H3;3-11H,16H2,1-2H3;8-12,14H,3-7H2,1-2H3;3-9H,1-2H3;2*4-7,9H,8H2,1-3H3;4-6,8-9H,7H2,1-3H3;3-6,8H,7H2,1-2H3;2*4-8H,1-3H3;3*1H4. The molecule has 3 nitrogen and oxygen atoms in total. The van der Waals surface area contributed by atoms with Gasteiger partial charge in [-0.1, -0.05) is 480 Å². The molecule has 5 heteroatoms. The molecule has 129 heavy (non-hydrogen) atoms. The average molecular weight is 1770 g/mol. The van der Waals surface area contributed by atoms with Crippen LogP contribution in [0.25, 0.3) is 22.4 Å². The van der Waals surface area contributed by atoms with Gasteiger partial charge in [0.2, 0.25) is 0 Å². The summed E-state index contributed by atoms with van der Waals surface area (Å²) in [7, 11) is 0. The minimum atomic E-state index is 0. The van der Waals surface area contributed by atoms with Crippen molar-refractivity contribution in [2.24, 2.45) is 23.7 Å². The van der Waals surface area contributed by atoms with E-state index >= 15 is 0 Å². The van der Waals surface area contributed by atoms with Crippen LogP contribution in [0.3, 0.4) is 0 Å². The van der Waals surface area contributed by atoms with Crippen LogP contribution in [0, 0.1) is 65.2 Å². The van der Waals surface area contributed by atoms with Crippen molar-refractivity contribution in [3.63, 3.8) is 0 Å². The molecule has 0 bridgehead atoms. The van der Waals surface area contributed by atoms with Gasteiger partial charge in [-0.2, -0.15) is 0 Å². The molecule has 2 N–H and O–H groups in total. The van der Waals surface area contributed by atoms with Crippen LogP contribution in [0.1, 0.15) is 329 Å². The number of rotatable bonds is 19. The maximum Gasteiger partial charge on any atom is 0.150 e. The summed E-state index contributed by atoms with van der Waals surface area (Å²) in [4.78, 5) is 4.28. The Morgan fingerprint density at radius 1 is 0.318 bits per heavy atom. The first-order valence-electron chi connectivity index (χ1n) is 46.9. The molecule has 14 rings (SSSR count). The van der Waals surface area contributed by atoms with Crippen LogP contribution in [0.5, 0.6) is 11.5 Å². The van der Waals surface area contributed by atoms with Crippen molar-refractivity contribution in [1.82, 2.24) is 4.98 Å². The van der Waals surface area contributed by atoms with Crippen LogP contribution in [0.15, 0.2) is 302 Å². The summed E-state index contributed by atoms with van der Waals surface area (Å²) in [6, 6.07) is 103. The van der Waals surface area contributed by atoms with Crippen molar-refractivity contribution in [3.05, 3.63) is 402 Å². The zero-order valence-corrected chi connectivity index (χ0v) is 83.9. The maximum atomic E-state index is 5.82. The second-order valence-electron chi connectivity index (χ2n) is 37.9. The van der Waals surface area contributed by atoms with E-state index in [0.717, 1.165) is 52.5 Å². The summed E-state index contributed by atoms with van der Waals surface area (Å²) in [5, 5.41) is 2.89. The lowest BCUT2D eigenvalue weighted by molar-refractivity contribution is 0.443. The Bertz CT molecular complexity index is 4800. The fourth-order valence-electron chi connectivity index (χ4n) is 14.2. The number of halogens is 1. The molecular weight excluding hydrogens is 1600 g/mol. The predicted octanol–water partition coefficient (Wildman–Crippen LogP) is 39.0. The second kappa shape index (κ2) is 63.2. The van der Waals surface area contributed by atoms with Gasteiger partial charge in [0, 0.05) is 16.0 Å². The van der Waals surface area contributed by atoms with Crippen molar-refractivity contribution < 1.29 is 4.74 Å². The van der Waals surface area contributed by atoms with Crippen molar-refractivity contribution in [1.29, 1.82) is 0 Å². The number of hydrogen-bond donors (Lipinski definition) is 1. The highest BCUT2D eigenvalue weighted by molar-refractivity contribution is 7.07. The van der Waals surface area contributed by atoms with E-state index in [2.05, 4.69) is 433 Å². The number of nitrogens with two attached hydrogens (primary N) is 1. The smallest absolute Gasteiger partial charge is 0.150 e. The number of aryl methyl sites for hydroxylation is 6. The molecule has 0 aliphatic heterocycles. The largest absolute Gasteiger partial charge is 0.455 e. The van der Waals surface area contributed by atoms with E-state index in [1.807, 2.05) is 54.0 Å². The molecule has 12 aromatic carbocycles. The van der Waals surface area contributed by atoms with E-state index in [1.54, 1.807) is 16.9 Å². The molecule has 1 aliphatic carbocycles. The van der Waals surface area contributed by atoms with Gasteiger partial charge in [0.15, 0.2) is 0 Å². The molecule has 0 saturated heterocycles. The Kier molecular flexibility index (Phi) is 56.5. The molecular formula is C124H171ClN2OS. The van der Waals surface area contributed by atoms with E-state index in [-0.39, 0.29) is 22.3 Å². The van der Waals surface area contributed by atoms with E-state index in [4.69, 9.17) is 22.1 Å². The van der Waals surface area contributed by atoms with Crippen molar-refractivity contribution in [2.75, 3.05) is 5.73 Å². The predicted molar refractivity (Wildman–Crippen MR) is 580 cm³/mol. The first kappa shape index (κ1) is 115. The molecule has 696 valence electrons. The lowest BCUT2D eigenvalue weighted by Gasteiger charge is -2.22. The molecule has 0 unspecified atom stereocenters. The van der Waals surface area contributed by atoms with Crippen molar-refractivity contribution in [3.8, 4) is 33.9 Å². The summed E-state index contributed by atoms with van der Waals surface area (Å²) in [5.74, 6) is 9.06. The molecule has 1 fully saturated rings. The van der Waals surface area contributed by atoms with Gasteiger partial charge in [-0.05, 0) is 254 Å². The number of anilines is 1. The first-order chi connectivity index (χ1) is 60.0. The van der Waals surface area contributed by atoms with Crippen LogP contribution in [-0.2, 0) is 25.7 Å². The first-order valence-corrected chi connectivity index (χ1v) is 48.2. The Morgan fingerprint density at radius 3 is 0.992 bits per heavy atom. The third kappa shape index (κ3) is 48.0. The quantitative estimate of drug-likeness (QED) is 0.0821. The molecule has 0 amide bonds. The highest BCUT2D eigenvalue weighted by Gasteiger charge is 2.16. The topological polar surface area (TPSA) is 48.1 Å². The number of benzene rings is 12. The Balaban J connectivity index is 0.000000487. The zero-order chi connectivity index (χ0) is 92.6. The third-order valence-electron chi connectivity index (χ3n) is 21.9. The number of hydrogen-bond acceptors (Lipinski definition) is 4. The normalized spacial score (nSPS) is 11.2. The molecule has 13 aromatic rings. The summed E-state index contributed by atoms with van der Waals surface area (Å²) < 4.78 is 5.72.